The van der Waals surface area contributed by atoms with Gasteiger partial charge in [0.1, 0.15) is 0 Å². The van der Waals surface area contributed by atoms with Gasteiger partial charge in [-0.1, -0.05) is 25.5 Å². The molecule has 2 fully saturated rings. The molecule has 2 atom stereocenters. The van der Waals surface area contributed by atoms with E-state index in [9.17, 15) is 4.79 Å². The first-order valence-electron chi connectivity index (χ1n) is 10.1. The molecule has 3 nitrogen and oxygen atoms in total. The maximum Gasteiger partial charge on any atom is 0.168 e. The molecule has 1 spiro atoms. The van der Waals surface area contributed by atoms with Gasteiger partial charge in [-0.2, -0.15) is 0 Å². The predicted octanol–water partition coefficient (Wildman–Crippen LogP) is 4.85. The number of ketones is 1. The predicted molar refractivity (Wildman–Crippen MR) is 97.8 cm³/mol. The van der Waals surface area contributed by atoms with Crippen molar-refractivity contribution in [3.8, 4) is 0 Å². The van der Waals surface area contributed by atoms with Crippen LogP contribution in [0.3, 0.4) is 0 Å². The molecule has 1 saturated heterocycles. The summed E-state index contributed by atoms with van der Waals surface area (Å²) in [5.41, 5.74) is 3.69. The van der Waals surface area contributed by atoms with Crippen LogP contribution in [0.4, 0.5) is 0 Å². The molecule has 0 bridgehead atoms. The van der Waals surface area contributed by atoms with Crippen molar-refractivity contribution in [2.75, 3.05) is 6.61 Å². The molecule has 1 aromatic carbocycles. The number of rotatable bonds is 4. The van der Waals surface area contributed by atoms with Crippen molar-refractivity contribution in [1.82, 2.24) is 0 Å². The Labute approximate surface area is 151 Å². The average Bonchev–Trinajstić information content (AvgIpc) is 3.05. The fourth-order valence-electron chi connectivity index (χ4n) is 4.66. The van der Waals surface area contributed by atoms with Gasteiger partial charge >= 0.3 is 0 Å². The fraction of sp³-hybridized carbons (Fsp3) is 0.682. The molecule has 136 valence electrons. The molecule has 4 rings (SSSR count). The number of fused-ring (bicyclic) bond motifs is 1. The first-order valence-corrected chi connectivity index (χ1v) is 10.1. The van der Waals surface area contributed by atoms with Gasteiger partial charge < -0.3 is 9.47 Å². The summed E-state index contributed by atoms with van der Waals surface area (Å²) in [6.07, 6.45) is 11.1. The highest BCUT2D eigenvalue weighted by Gasteiger charge is 2.44. The lowest BCUT2D eigenvalue weighted by Crippen LogP contribution is -2.34. The Hall–Kier alpha value is -1.19. The Balaban J connectivity index is 1.37. The molecule has 1 aromatic rings. The second kappa shape index (κ2) is 7.20. The van der Waals surface area contributed by atoms with Crippen LogP contribution in [0.5, 0.6) is 0 Å². The Kier molecular flexibility index (Phi) is 4.97. The molecule has 1 aliphatic heterocycles. The van der Waals surface area contributed by atoms with Crippen molar-refractivity contribution >= 4 is 5.78 Å². The van der Waals surface area contributed by atoms with Crippen molar-refractivity contribution in [2.45, 2.75) is 83.0 Å². The molecule has 0 amide bonds. The average molecular weight is 342 g/mol. The van der Waals surface area contributed by atoms with Gasteiger partial charge in [-0.25, -0.2) is 0 Å². The third-order valence-corrected chi connectivity index (χ3v) is 6.30. The summed E-state index contributed by atoms with van der Waals surface area (Å²) in [4.78, 5) is 12.8. The Morgan fingerprint density at radius 1 is 1.12 bits per heavy atom. The minimum absolute atomic E-state index is 0.0553. The van der Waals surface area contributed by atoms with Crippen LogP contribution in [-0.2, 0) is 22.3 Å². The third kappa shape index (κ3) is 3.68. The molecule has 3 aliphatic rings. The summed E-state index contributed by atoms with van der Waals surface area (Å²) in [5.74, 6) is 0.102. The number of ether oxygens (including phenoxy) is 2. The van der Waals surface area contributed by atoms with Crippen LogP contribution >= 0.6 is 0 Å². The lowest BCUT2D eigenvalue weighted by Gasteiger charge is -2.32. The first kappa shape index (κ1) is 17.2. The summed E-state index contributed by atoms with van der Waals surface area (Å²) in [7, 11) is 0. The van der Waals surface area contributed by atoms with E-state index in [-0.39, 0.29) is 23.6 Å². The molecule has 3 heteroatoms. The van der Waals surface area contributed by atoms with E-state index in [2.05, 4.69) is 19.1 Å². The second-order valence-corrected chi connectivity index (χ2v) is 8.23. The summed E-state index contributed by atoms with van der Waals surface area (Å²) >= 11 is 0. The summed E-state index contributed by atoms with van der Waals surface area (Å²) < 4.78 is 12.3. The van der Waals surface area contributed by atoms with E-state index in [1.807, 2.05) is 6.07 Å². The standard InChI is InChI=1S/C22H30O3/c1-16(21-15-24-22(25-21)11-5-2-6-12-22)13-20(23)19-10-9-17-7-3-4-8-18(17)14-19/h9-10,14,16,21H,2-8,11-13,15H2,1H3. The van der Waals surface area contributed by atoms with Gasteiger partial charge in [0.15, 0.2) is 11.6 Å². The molecule has 0 aromatic heterocycles. The van der Waals surface area contributed by atoms with E-state index in [0.717, 1.165) is 31.2 Å². The maximum absolute atomic E-state index is 12.8. The van der Waals surface area contributed by atoms with Crippen molar-refractivity contribution in [1.29, 1.82) is 0 Å². The SMILES string of the molecule is CC(CC(=O)c1ccc2c(c1)CCCC2)C1COC2(CCCCC2)O1. The summed E-state index contributed by atoms with van der Waals surface area (Å²) in [6, 6.07) is 6.32. The largest absolute Gasteiger partial charge is 0.347 e. The number of hydrogen-bond acceptors (Lipinski definition) is 3. The zero-order valence-corrected chi connectivity index (χ0v) is 15.4. The van der Waals surface area contributed by atoms with Gasteiger partial charge in [-0.05, 0) is 61.6 Å². The van der Waals surface area contributed by atoms with Gasteiger partial charge in [-0.3, -0.25) is 4.79 Å². The van der Waals surface area contributed by atoms with Crippen molar-refractivity contribution in [3.63, 3.8) is 0 Å². The van der Waals surface area contributed by atoms with Gasteiger partial charge in [-0.15, -0.1) is 0 Å². The Morgan fingerprint density at radius 3 is 2.68 bits per heavy atom. The van der Waals surface area contributed by atoms with E-state index >= 15 is 0 Å². The minimum atomic E-state index is -0.341. The number of carbonyl (C=O) groups excluding carboxylic acids is 1. The number of benzene rings is 1. The highest BCUT2D eigenvalue weighted by atomic mass is 16.7. The van der Waals surface area contributed by atoms with Crippen LogP contribution in [-0.4, -0.2) is 24.3 Å². The third-order valence-electron chi connectivity index (χ3n) is 6.30. The normalized spacial score (nSPS) is 26.4. The molecule has 2 aliphatic carbocycles. The summed E-state index contributed by atoms with van der Waals surface area (Å²) in [6.45, 7) is 2.77. The number of hydrogen-bond donors (Lipinski definition) is 0. The van der Waals surface area contributed by atoms with Crippen LogP contribution in [0, 0.1) is 5.92 Å². The van der Waals surface area contributed by atoms with Crippen LogP contribution in [0.15, 0.2) is 18.2 Å². The Bertz CT molecular complexity index is 630. The van der Waals surface area contributed by atoms with E-state index < -0.39 is 0 Å². The lowest BCUT2D eigenvalue weighted by molar-refractivity contribution is -0.190. The van der Waals surface area contributed by atoms with Crippen molar-refractivity contribution in [3.05, 3.63) is 34.9 Å². The molecule has 1 heterocycles. The van der Waals surface area contributed by atoms with Crippen LogP contribution < -0.4 is 0 Å². The highest BCUT2D eigenvalue weighted by Crippen LogP contribution is 2.40. The van der Waals surface area contributed by atoms with Crippen LogP contribution in [0.25, 0.3) is 0 Å². The molecule has 1 saturated carbocycles. The summed E-state index contributed by atoms with van der Waals surface area (Å²) in [5, 5.41) is 0. The zero-order valence-electron chi connectivity index (χ0n) is 15.4. The van der Waals surface area contributed by atoms with Crippen molar-refractivity contribution < 1.29 is 14.3 Å². The molecular weight excluding hydrogens is 312 g/mol. The number of Topliss-reactive ketones (excluding diaryl/α,β-unsaturated/α-hetero) is 1. The fourth-order valence-corrected chi connectivity index (χ4v) is 4.66. The van der Waals surface area contributed by atoms with E-state index in [0.29, 0.717) is 13.0 Å². The van der Waals surface area contributed by atoms with E-state index in [1.165, 1.54) is 43.2 Å². The number of carbonyl (C=O) groups is 1. The minimum Gasteiger partial charge on any atom is -0.347 e. The number of aryl methyl sites for hydroxylation is 2. The van der Waals surface area contributed by atoms with Crippen molar-refractivity contribution in [2.24, 2.45) is 5.92 Å². The molecule has 0 N–H and O–H groups in total. The molecule has 0 radical (unpaired) electrons. The second-order valence-electron chi connectivity index (χ2n) is 8.23. The zero-order chi connectivity index (χ0) is 17.3. The smallest absolute Gasteiger partial charge is 0.168 e. The quantitative estimate of drug-likeness (QED) is 0.734. The molecule has 2 unspecified atom stereocenters. The van der Waals surface area contributed by atoms with Crippen LogP contribution in [0.2, 0.25) is 0 Å². The van der Waals surface area contributed by atoms with Gasteiger partial charge in [0.2, 0.25) is 0 Å². The van der Waals surface area contributed by atoms with Gasteiger partial charge in [0.05, 0.1) is 12.7 Å². The highest BCUT2D eigenvalue weighted by molar-refractivity contribution is 5.96. The monoisotopic (exact) mass is 342 g/mol. The van der Waals surface area contributed by atoms with Gasteiger partial charge in [0, 0.05) is 24.8 Å². The van der Waals surface area contributed by atoms with Gasteiger partial charge in [0.25, 0.3) is 0 Å². The molecule has 25 heavy (non-hydrogen) atoms. The van der Waals surface area contributed by atoms with Crippen LogP contribution in [0.1, 0.15) is 79.8 Å². The van der Waals surface area contributed by atoms with E-state index in [4.69, 9.17) is 9.47 Å². The molecular formula is C22H30O3. The van der Waals surface area contributed by atoms with E-state index in [1.54, 1.807) is 0 Å². The Morgan fingerprint density at radius 2 is 1.88 bits per heavy atom. The lowest BCUT2D eigenvalue weighted by atomic mass is 9.88. The first-order chi connectivity index (χ1) is 12.2. The maximum atomic E-state index is 12.8. The topological polar surface area (TPSA) is 35.5 Å².